The summed E-state index contributed by atoms with van der Waals surface area (Å²) in [5, 5.41) is 3.53. The molecule has 1 aromatic carbocycles. The predicted molar refractivity (Wildman–Crippen MR) is 74.0 cm³/mol. The maximum Gasteiger partial charge on any atom is 0.122 e. The van der Waals surface area contributed by atoms with Gasteiger partial charge >= 0.3 is 0 Å². The quantitative estimate of drug-likeness (QED) is 0.879. The van der Waals surface area contributed by atoms with Crippen molar-refractivity contribution in [3.05, 3.63) is 29.8 Å². The number of hydrogen-bond donors (Lipinski definition) is 1. The number of rotatable bonds is 4. The number of ether oxygens (including phenoxy) is 1. The highest BCUT2D eigenvalue weighted by molar-refractivity contribution is 5.37. The molecule has 3 rings (SSSR count). The molecule has 2 heteroatoms. The van der Waals surface area contributed by atoms with Crippen LogP contribution in [0.25, 0.3) is 0 Å². The van der Waals surface area contributed by atoms with E-state index < -0.39 is 0 Å². The van der Waals surface area contributed by atoms with E-state index in [0.717, 1.165) is 30.6 Å². The lowest BCUT2D eigenvalue weighted by Gasteiger charge is -2.29. The molecule has 4 atom stereocenters. The Labute approximate surface area is 110 Å². The van der Waals surface area contributed by atoms with Gasteiger partial charge in [0.2, 0.25) is 0 Å². The van der Waals surface area contributed by atoms with Crippen LogP contribution in [0.3, 0.4) is 0 Å². The van der Waals surface area contributed by atoms with E-state index in [9.17, 15) is 0 Å². The summed E-state index contributed by atoms with van der Waals surface area (Å²) in [7, 11) is 2.11. The summed E-state index contributed by atoms with van der Waals surface area (Å²) in [6.07, 6.45) is 3.82. The summed E-state index contributed by atoms with van der Waals surface area (Å²) < 4.78 is 5.75. The largest absolute Gasteiger partial charge is 0.493 e. The van der Waals surface area contributed by atoms with E-state index in [0.29, 0.717) is 12.0 Å². The molecular weight excluding hydrogens is 222 g/mol. The van der Waals surface area contributed by atoms with Crippen molar-refractivity contribution >= 4 is 0 Å². The van der Waals surface area contributed by atoms with E-state index in [1.54, 1.807) is 0 Å². The molecule has 0 bridgehead atoms. The normalized spacial score (nSPS) is 31.3. The van der Waals surface area contributed by atoms with Gasteiger partial charge in [-0.3, -0.25) is 0 Å². The second-order valence-corrected chi connectivity index (χ2v) is 5.88. The van der Waals surface area contributed by atoms with Crippen molar-refractivity contribution in [1.82, 2.24) is 5.32 Å². The zero-order valence-corrected chi connectivity index (χ0v) is 11.4. The number of fused-ring (bicyclic) bond motifs is 1. The molecule has 18 heavy (non-hydrogen) atoms. The Morgan fingerprint density at radius 2 is 2.17 bits per heavy atom. The van der Waals surface area contributed by atoms with Gasteiger partial charge < -0.3 is 10.1 Å². The van der Waals surface area contributed by atoms with Crippen LogP contribution in [0.5, 0.6) is 5.75 Å². The van der Waals surface area contributed by atoms with Crippen molar-refractivity contribution in [1.29, 1.82) is 0 Å². The van der Waals surface area contributed by atoms with Crippen molar-refractivity contribution in [2.45, 2.75) is 38.1 Å². The van der Waals surface area contributed by atoms with E-state index in [1.165, 1.54) is 18.4 Å². The SMILES string of the molecule is CNC(CC1CCOc2ccccc21)C1CC1C. The Hall–Kier alpha value is -1.02. The van der Waals surface area contributed by atoms with E-state index >= 15 is 0 Å². The van der Waals surface area contributed by atoms with Gasteiger partial charge in [0.15, 0.2) is 0 Å². The number of nitrogens with one attached hydrogen (secondary N) is 1. The predicted octanol–water partition coefficient (Wildman–Crippen LogP) is 3.19. The molecule has 1 aromatic rings. The molecule has 1 heterocycles. The Bertz CT molecular complexity index is 417. The van der Waals surface area contributed by atoms with Crippen LogP contribution in [0.15, 0.2) is 24.3 Å². The van der Waals surface area contributed by atoms with Crippen molar-refractivity contribution in [2.75, 3.05) is 13.7 Å². The van der Waals surface area contributed by atoms with Crippen LogP contribution in [-0.4, -0.2) is 19.7 Å². The van der Waals surface area contributed by atoms with Crippen molar-refractivity contribution in [3.8, 4) is 5.75 Å². The van der Waals surface area contributed by atoms with Crippen LogP contribution in [0, 0.1) is 11.8 Å². The molecule has 1 N–H and O–H groups in total. The summed E-state index contributed by atoms with van der Waals surface area (Å²) in [4.78, 5) is 0. The van der Waals surface area contributed by atoms with E-state index in [4.69, 9.17) is 4.74 Å². The minimum Gasteiger partial charge on any atom is -0.493 e. The van der Waals surface area contributed by atoms with Gasteiger partial charge in [-0.2, -0.15) is 0 Å². The van der Waals surface area contributed by atoms with Crippen molar-refractivity contribution in [2.24, 2.45) is 11.8 Å². The lowest BCUT2D eigenvalue weighted by atomic mass is 9.86. The summed E-state index contributed by atoms with van der Waals surface area (Å²) in [5.41, 5.74) is 1.41. The molecule has 2 nitrogen and oxygen atoms in total. The highest BCUT2D eigenvalue weighted by Gasteiger charge is 2.40. The first-order valence-corrected chi connectivity index (χ1v) is 7.18. The Morgan fingerprint density at radius 1 is 1.39 bits per heavy atom. The smallest absolute Gasteiger partial charge is 0.122 e. The molecule has 0 amide bonds. The monoisotopic (exact) mass is 245 g/mol. The van der Waals surface area contributed by atoms with E-state index in [1.807, 2.05) is 0 Å². The molecule has 98 valence electrons. The first-order chi connectivity index (χ1) is 8.79. The zero-order valence-electron chi connectivity index (χ0n) is 11.4. The number of hydrogen-bond acceptors (Lipinski definition) is 2. The molecule has 1 aliphatic heterocycles. The van der Waals surface area contributed by atoms with Gasteiger partial charge in [0.05, 0.1) is 6.61 Å². The summed E-state index contributed by atoms with van der Waals surface area (Å²) in [6, 6.07) is 9.22. The second-order valence-electron chi connectivity index (χ2n) is 5.88. The Kier molecular flexibility index (Phi) is 3.29. The lowest BCUT2D eigenvalue weighted by molar-refractivity contribution is 0.252. The van der Waals surface area contributed by atoms with Gasteiger partial charge in [-0.1, -0.05) is 25.1 Å². The average molecular weight is 245 g/mol. The van der Waals surface area contributed by atoms with Crippen molar-refractivity contribution < 1.29 is 4.74 Å². The van der Waals surface area contributed by atoms with Crippen LogP contribution < -0.4 is 10.1 Å². The second kappa shape index (κ2) is 4.93. The molecule has 1 aliphatic carbocycles. The molecule has 2 aliphatic rings. The molecule has 0 saturated heterocycles. The standard InChI is InChI=1S/C16H23NO/c1-11-9-14(11)15(17-2)10-12-7-8-18-16-6-4-3-5-13(12)16/h3-6,11-12,14-15,17H,7-10H2,1-2H3. The van der Waals surface area contributed by atoms with Gasteiger partial charge in [-0.25, -0.2) is 0 Å². The first-order valence-electron chi connectivity index (χ1n) is 7.18. The van der Waals surface area contributed by atoms with Gasteiger partial charge in [-0.15, -0.1) is 0 Å². The third-order valence-electron chi connectivity index (χ3n) is 4.68. The van der Waals surface area contributed by atoms with Crippen LogP contribution in [-0.2, 0) is 0 Å². The maximum atomic E-state index is 5.75. The van der Waals surface area contributed by atoms with Crippen molar-refractivity contribution in [3.63, 3.8) is 0 Å². The summed E-state index contributed by atoms with van der Waals surface area (Å²) >= 11 is 0. The molecule has 0 radical (unpaired) electrons. The molecule has 1 saturated carbocycles. The highest BCUT2D eigenvalue weighted by Crippen LogP contribution is 2.45. The maximum absolute atomic E-state index is 5.75. The van der Waals surface area contributed by atoms with E-state index in [-0.39, 0.29) is 0 Å². The average Bonchev–Trinajstić information content (AvgIpc) is 3.13. The Balaban J connectivity index is 1.73. The fourth-order valence-corrected chi connectivity index (χ4v) is 3.39. The first kappa shape index (κ1) is 12.0. The van der Waals surface area contributed by atoms with Gasteiger partial charge in [-0.05, 0) is 55.7 Å². The third kappa shape index (κ3) is 2.26. The topological polar surface area (TPSA) is 21.3 Å². The van der Waals surface area contributed by atoms with Crippen LogP contribution in [0.1, 0.15) is 37.7 Å². The molecule has 0 spiro atoms. The van der Waals surface area contributed by atoms with Gasteiger partial charge in [0.1, 0.15) is 5.75 Å². The van der Waals surface area contributed by atoms with Crippen LogP contribution in [0.4, 0.5) is 0 Å². The zero-order chi connectivity index (χ0) is 12.5. The molecule has 4 unspecified atom stereocenters. The molecule has 0 aromatic heterocycles. The van der Waals surface area contributed by atoms with Gasteiger partial charge in [0, 0.05) is 6.04 Å². The van der Waals surface area contributed by atoms with Gasteiger partial charge in [0.25, 0.3) is 0 Å². The third-order valence-corrected chi connectivity index (χ3v) is 4.68. The fourth-order valence-electron chi connectivity index (χ4n) is 3.39. The fraction of sp³-hybridized carbons (Fsp3) is 0.625. The molecule has 1 fully saturated rings. The van der Waals surface area contributed by atoms with Crippen LogP contribution >= 0.6 is 0 Å². The number of benzene rings is 1. The lowest BCUT2D eigenvalue weighted by Crippen LogP contribution is -2.31. The minimum atomic E-state index is 0.667. The van der Waals surface area contributed by atoms with E-state index in [2.05, 4.69) is 43.6 Å². The minimum absolute atomic E-state index is 0.667. The number of para-hydroxylation sites is 1. The summed E-state index contributed by atoms with van der Waals surface area (Å²) in [5.74, 6) is 3.58. The van der Waals surface area contributed by atoms with Crippen LogP contribution in [0.2, 0.25) is 0 Å². The summed E-state index contributed by atoms with van der Waals surface area (Å²) in [6.45, 7) is 3.24. The molecular formula is C16H23NO. The highest BCUT2D eigenvalue weighted by atomic mass is 16.5. The Morgan fingerprint density at radius 3 is 2.89 bits per heavy atom.